The van der Waals surface area contributed by atoms with Gasteiger partial charge in [0.1, 0.15) is 17.2 Å². The van der Waals surface area contributed by atoms with Crippen LogP contribution in [0.1, 0.15) is 10.5 Å². The van der Waals surface area contributed by atoms with Crippen LogP contribution in [0.25, 0.3) is 16.6 Å². The number of rotatable bonds is 6. The number of carbonyl (C=O) groups is 2. The predicted molar refractivity (Wildman–Crippen MR) is 115 cm³/mol. The number of amides is 1. The Bertz CT molecular complexity index is 1210. The van der Waals surface area contributed by atoms with E-state index in [0.29, 0.717) is 28.4 Å². The number of pyridine rings is 1. The molecule has 2 aromatic carbocycles. The van der Waals surface area contributed by atoms with Crippen LogP contribution < -0.4 is 14.8 Å². The largest absolute Gasteiger partial charge is 0.497 e. The summed E-state index contributed by atoms with van der Waals surface area (Å²) < 4.78 is 12.2. The third kappa shape index (κ3) is 3.63. The lowest BCUT2D eigenvalue weighted by atomic mass is 10.0. The maximum atomic E-state index is 13.2. The second-order valence-corrected chi connectivity index (χ2v) is 6.65. The van der Waals surface area contributed by atoms with E-state index in [4.69, 9.17) is 9.47 Å². The summed E-state index contributed by atoms with van der Waals surface area (Å²) in [5.74, 6) is -0.362. The SMILES string of the molecule is COc1cc(NC(=O)C(=O)c2c(-c3ccccc3)cc3ccccn23)cc(OC)c1. The van der Waals surface area contributed by atoms with Gasteiger partial charge in [0.2, 0.25) is 0 Å². The first-order valence-electron chi connectivity index (χ1n) is 9.35. The molecule has 0 spiro atoms. The summed E-state index contributed by atoms with van der Waals surface area (Å²) in [6.45, 7) is 0. The molecule has 2 heterocycles. The molecule has 0 aliphatic rings. The lowest BCUT2D eigenvalue weighted by molar-refractivity contribution is -0.112. The number of ketones is 1. The molecule has 0 aliphatic carbocycles. The number of benzene rings is 2. The standard InChI is InChI=1S/C24H20N2O4/c1-29-19-12-17(13-20(15-19)30-2)25-24(28)23(27)22-21(16-8-4-3-5-9-16)14-18-10-6-7-11-26(18)22/h3-15H,1-2H3,(H,25,28). The molecule has 0 bridgehead atoms. The molecule has 0 aliphatic heterocycles. The summed E-state index contributed by atoms with van der Waals surface area (Å²) in [6.07, 6.45) is 1.77. The highest BCUT2D eigenvalue weighted by Gasteiger charge is 2.25. The molecule has 2 aromatic heterocycles. The van der Waals surface area contributed by atoms with Crippen molar-refractivity contribution in [2.24, 2.45) is 0 Å². The van der Waals surface area contributed by atoms with Gasteiger partial charge >= 0.3 is 0 Å². The fourth-order valence-electron chi connectivity index (χ4n) is 3.37. The van der Waals surface area contributed by atoms with E-state index >= 15 is 0 Å². The van der Waals surface area contributed by atoms with Crippen molar-refractivity contribution >= 4 is 22.9 Å². The van der Waals surface area contributed by atoms with Crippen molar-refractivity contribution in [2.75, 3.05) is 19.5 Å². The number of methoxy groups -OCH3 is 2. The number of carbonyl (C=O) groups excluding carboxylic acids is 2. The van der Waals surface area contributed by atoms with Crippen molar-refractivity contribution in [2.45, 2.75) is 0 Å². The normalized spacial score (nSPS) is 10.6. The monoisotopic (exact) mass is 400 g/mol. The molecule has 0 fully saturated rings. The summed E-state index contributed by atoms with van der Waals surface area (Å²) in [7, 11) is 3.04. The fourth-order valence-corrected chi connectivity index (χ4v) is 3.37. The molecular formula is C24H20N2O4. The van der Waals surface area contributed by atoms with Gasteiger partial charge in [0, 0.05) is 41.2 Å². The average molecular weight is 400 g/mol. The topological polar surface area (TPSA) is 69.0 Å². The van der Waals surface area contributed by atoms with E-state index < -0.39 is 11.7 Å². The highest BCUT2D eigenvalue weighted by atomic mass is 16.5. The van der Waals surface area contributed by atoms with Gasteiger partial charge in [-0.1, -0.05) is 36.4 Å². The first kappa shape index (κ1) is 19.3. The number of anilines is 1. The molecule has 4 aromatic rings. The van der Waals surface area contributed by atoms with E-state index in [1.54, 1.807) is 28.8 Å². The maximum absolute atomic E-state index is 13.2. The number of fused-ring (bicyclic) bond motifs is 1. The summed E-state index contributed by atoms with van der Waals surface area (Å²) in [6, 6.07) is 22.0. The lowest BCUT2D eigenvalue weighted by Crippen LogP contribution is -2.24. The van der Waals surface area contributed by atoms with Crippen LogP contribution in [0, 0.1) is 0 Å². The van der Waals surface area contributed by atoms with Crippen LogP contribution in [0.3, 0.4) is 0 Å². The molecule has 150 valence electrons. The van der Waals surface area contributed by atoms with Crippen LogP contribution in [0.15, 0.2) is 79.0 Å². The van der Waals surface area contributed by atoms with Gasteiger partial charge in [0.05, 0.1) is 14.2 Å². The zero-order valence-electron chi connectivity index (χ0n) is 16.6. The van der Waals surface area contributed by atoms with Crippen molar-refractivity contribution in [3.05, 3.63) is 84.7 Å². The Kier molecular flexibility index (Phi) is 5.22. The van der Waals surface area contributed by atoms with E-state index in [1.807, 2.05) is 54.6 Å². The smallest absolute Gasteiger partial charge is 0.298 e. The van der Waals surface area contributed by atoms with Crippen molar-refractivity contribution in [1.29, 1.82) is 0 Å². The zero-order valence-corrected chi connectivity index (χ0v) is 16.6. The summed E-state index contributed by atoms with van der Waals surface area (Å²) >= 11 is 0. The Morgan fingerprint density at radius 3 is 2.17 bits per heavy atom. The Morgan fingerprint density at radius 1 is 0.833 bits per heavy atom. The van der Waals surface area contributed by atoms with E-state index in [0.717, 1.165) is 11.1 Å². The van der Waals surface area contributed by atoms with Crippen LogP contribution in [0.5, 0.6) is 11.5 Å². The minimum absolute atomic E-state index is 0.309. The van der Waals surface area contributed by atoms with Gasteiger partial charge in [-0.25, -0.2) is 0 Å². The van der Waals surface area contributed by atoms with Gasteiger partial charge in [-0.15, -0.1) is 0 Å². The Hall–Kier alpha value is -4.06. The molecule has 0 atom stereocenters. The highest BCUT2D eigenvalue weighted by molar-refractivity contribution is 6.47. The Labute approximate surface area is 173 Å². The molecule has 6 heteroatoms. The van der Waals surface area contributed by atoms with Crippen LogP contribution >= 0.6 is 0 Å². The van der Waals surface area contributed by atoms with Crippen molar-refractivity contribution in [3.63, 3.8) is 0 Å². The number of aromatic nitrogens is 1. The van der Waals surface area contributed by atoms with Crippen LogP contribution in [0.2, 0.25) is 0 Å². The first-order chi connectivity index (χ1) is 14.6. The Balaban J connectivity index is 1.74. The quantitative estimate of drug-likeness (QED) is 0.384. The molecule has 0 unspecified atom stereocenters. The average Bonchev–Trinajstić information content (AvgIpc) is 3.18. The predicted octanol–water partition coefficient (Wildman–Crippen LogP) is 4.44. The second kappa shape index (κ2) is 8.13. The van der Waals surface area contributed by atoms with Gasteiger partial charge < -0.3 is 19.2 Å². The number of nitrogens with one attached hydrogen (secondary N) is 1. The van der Waals surface area contributed by atoms with E-state index in [2.05, 4.69) is 5.32 Å². The van der Waals surface area contributed by atoms with Crippen molar-refractivity contribution in [1.82, 2.24) is 4.40 Å². The van der Waals surface area contributed by atoms with Gasteiger partial charge in [0.15, 0.2) is 0 Å². The molecule has 1 amide bonds. The van der Waals surface area contributed by atoms with E-state index in [1.165, 1.54) is 14.2 Å². The summed E-state index contributed by atoms with van der Waals surface area (Å²) in [5.41, 5.74) is 3.11. The minimum atomic E-state index is -0.744. The lowest BCUT2D eigenvalue weighted by Gasteiger charge is -2.10. The number of nitrogens with zero attached hydrogens (tertiary/aromatic N) is 1. The molecule has 1 N–H and O–H groups in total. The molecule has 4 rings (SSSR count). The minimum Gasteiger partial charge on any atom is -0.497 e. The van der Waals surface area contributed by atoms with E-state index in [9.17, 15) is 9.59 Å². The summed E-state index contributed by atoms with van der Waals surface area (Å²) in [4.78, 5) is 26.1. The molecule has 6 nitrogen and oxygen atoms in total. The van der Waals surface area contributed by atoms with Crippen molar-refractivity contribution < 1.29 is 19.1 Å². The van der Waals surface area contributed by atoms with Crippen LogP contribution in [0.4, 0.5) is 5.69 Å². The van der Waals surface area contributed by atoms with Crippen molar-refractivity contribution in [3.8, 4) is 22.6 Å². The highest BCUT2D eigenvalue weighted by Crippen LogP contribution is 2.29. The molecule has 0 saturated carbocycles. The van der Waals surface area contributed by atoms with Gasteiger partial charge in [-0.2, -0.15) is 0 Å². The zero-order chi connectivity index (χ0) is 21.1. The number of hydrogen-bond acceptors (Lipinski definition) is 4. The Morgan fingerprint density at radius 2 is 1.50 bits per heavy atom. The first-order valence-corrected chi connectivity index (χ1v) is 9.35. The molecule has 0 saturated heterocycles. The number of hydrogen-bond donors (Lipinski definition) is 1. The number of ether oxygens (including phenoxy) is 2. The van der Waals surface area contributed by atoms with Gasteiger partial charge in [0.25, 0.3) is 11.7 Å². The fraction of sp³-hybridized carbons (Fsp3) is 0.0833. The van der Waals surface area contributed by atoms with Gasteiger partial charge in [-0.05, 0) is 23.8 Å². The van der Waals surface area contributed by atoms with Gasteiger partial charge in [-0.3, -0.25) is 9.59 Å². The van der Waals surface area contributed by atoms with Crippen LogP contribution in [-0.4, -0.2) is 30.3 Å². The molecule has 30 heavy (non-hydrogen) atoms. The molecule has 0 radical (unpaired) electrons. The number of Topliss-reactive ketones (excluding diaryl/α,β-unsaturated/α-hetero) is 1. The second-order valence-electron chi connectivity index (χ2n) is 6.65. The third-order valence-electron chi connectivity index (χ3n) is 4.80. The van der Waals surface area contributed by atoms with E-state index in [-0.39, 0.29) is 0 Å². The van der Waals surface area contributed by atoms with Crippen LogP contribution in [-0.2, 0) is 4.79 Å². The molecular weight excluding hydrogens is 380 g/mol. The maximum Gasteiger partial charge on any atom is 0.298 e. The third-order valence-corrected chi connectivity index (χ3v) is 4.80. The summed E-state index contributed by atoms with van der Waals surface area (Å²) in [5, 5.41) is 2.66.